The predicted octanol–water partition coefficient (Wildman–Crippen LogP) is 1.94. The standard InChI is InChI=1S/C11H20O3/c1-2-3-4-5-6-10(12)11-9-13-7-8-14-11/h11H,2-9H2,1H3. The van der Waals surface area contributed by atoms with E-state index < -0.39 is 0 Å². The highest BCUT2D eigenvalue weighted by Gasteiger charge is 2.21. The summed E-state index contributed by atoms with van der Waals surface area (Å²) in [4.78, 5) is 11.6. The molecule has 0 bridgehead atoms. The van der Waals surface area contributed by atoms with Gasteiger partial charge in [-0.15, -0.1) is 0 Å². The van der Waals surface area contributed by atoms with Crippen molar-refractivity contribution in [3.05, 3.63) is 0 Å². The molecule has 1 saturated heterocycles. The molecule has 1 rings (SSSR count). The van der Waals surface area contributed by atoms with Gasteiger partial charge in [-0.25, -0.2) is 0 Å². The van der Waals surface area contributed by atoms with Crippen LogP contribution in [0.15, 0.2) is 0 Å². The van der Waals surface area contributed by atoms with E-state index in [1.807, 2.05) is 0 Å². The number of Topliss-reactive ketones (excluding diaryl/α,β-unsaturated/α-hetero) is 1. The Balaban J connectivity index is 2.07. The summed E-state index contributed by atoms with van der Waals surface area (Å²) in [5, 5.41) is 0. The summed E-state index contributed by atoms with van der Waals surface area (Å²) < 4.78 is 10.5. The van der Waals surface area contributed by atoms with Gasteiger partial charge in [-0.1, -0.05) is 26.2 Å². The molecule has 82 valence electrons. The number of carbonyl (C=O) groups excluding carboxylic acids is 1. The molecule has 1 aliphatic heterocycles. The van der Waals surface area contributed by atoms with E-state index in [1.54, 1.807) is 0 Å². The number of unbranched alkanes of at least 4 members (excludes halogenated alkanes) is 3. The molecule has 1 atom stereocenters. The Morgan fingerprint density at radius 2 is 2.14 bits per heavy atom. The first-order valence-electron chi connectivity index (χ1n) is 5.56. The molecule has 0 radical (unpaired) electrons. The van der Waals surface area contributed by atoms with Gasteiger partial charge in [-0.05, 0) is 6.42 Å². The van der Waals surface area contributed by atoms with Gasteiger partial charge in [0.25, 0.3) is 0 Å². The SMILES string of the molecule is CCCCCCC(=O)C1COCCO1. The largest absolute Gasteiger partial charge is 0.376 e. The van der Waals surface area contributed by atoms with Crippen LogP contribution in [0.3, 0.4) is 0 Å². The normalized spacial score (nSPS) is 22.2. The number of carbonyl (C=O) groups is 1. The predicted molar refractivity (Wildman–Crippen MR) is 54.3 cm³/mol. The first kappa shape index (κ1) is 11.7. The van der Waals surface area contributed by atoms with Crippen LogP contribution < -0.4 is 0 Å². The lowest BCUT2D eigenvalue weighted by atomic mass is 10.1. The zero-order chi connectivity index (χ0) is 10.2. The summed E-state index contributed by atoms with van der Waals surface area (Å²) in [6.45, 7) is 3.80. The lowest BCUT2D eigenvalue weighted by molar-refractivity contribution is -0.145. The van der Waals surface area contributed by atoms with E-state index in [0.717, 1.165) is 12.8 Å². The van der Waals surface area contributed by atoms with E-state index in [2.05, 4.69) is 6.92 Å². The molecule has 0 saturated carbocycles. The summed E-state index contributed by atoms with van der Waals surface area (Å²) in [6, 6.07) is 0. The molecule has 0 aromatic heterocycles. The molecule has 0 spiro atoms. The quantitative estimate of drug-likeness (QED) is 0.615. The minimum Gasteiger partial charge on any atom is -0.376 e. The molecule has 1 heterocycles. The summed E-state index contributed by atoms with van der Waals surface area (Å²) >= 11 is 0. The zero-order valence-electron chi connectivity index (χ0n) is 8.96. The second-order valence-electron chi connectivity index (χ2n) is 3.71. The molecule has 3 nitrogen and oxygen atoms in total. The summed E-state index contributed by atoms with van der Waals surface area (Å²) in [6.07, 6.45) is 4.92. The Morgan fingerprint density at radius 1 is 1.29 bits per heavy atom. The van der Waals surface area contributed by atoms with E-state index in [9.17, 15) is 4.79 Å². The molecule has 1 aliphatic rings. The number of hydrogen-bond acceptors (Lipinski definition) is 3. The molecule has 1 unspecified atom stereocenters. The van der Waals surface area contributed by atoms with Gasteiger partial charge >= 0.3 is 0 Å². The third-order valence-electron chi connectivity index (χ3n) is 2.45. The van der Waals surface area contributed by atoms with Gasteiger partial charge in [0.2, 0.25) is 0 Å². The molecular weight excluding hydrogens is 180 g/mol. The number of hydrogen-bond donors (Lipinski definition) is 0. The van der Waals surface area contributed by atoms with Gasteiger partial charge in [0.15, 0.2) is 5.78 Å². The van der Waals surface area contributed by atoms with Crippen LogP contribution in [0, 0.1) is 0 Å². The van der Waals surface area contributed by atoms with Crippen molar-refractivity contribution in [2.24, 2.45) is 0 Å². The van der Waals surface area contributed by atoms with E-state index in [-0.39, 0.29) is 11.9 Å². The fraction of sp³-hybridized carbons (Fsp3) is 0.909. The van der Waals surface area contributed by atoms with Crippen LogP contribution in [0.5, 0.6) is 0 Å². The van der Waals surface area contributed by atoms with Crippen molar-refractivity contribution in [2.45, 2.75) is 45.1 Å². The smallest absolute Gasteiger partial charge is 0.163 e. The van der Waals surface area contributed by atoms with Crippen molar-refractivity contribution in [3.63, 3.8) is 0 Å². The van der Waals surface area contributed by atoms with Crippen LogP contribution in [-0.2, 0) is 14.3 Å². The van der Waals surface area contributed by atoms with E-state index in [4.69, 9.17) is 9.47 Å². The summed E-state index contributed by atoms with van der Waals surface area (Å²) in [5.41, 5.74) is 0. The molecular formula is C11H20O3. The fourth-order valence-electron chi connectivity index (χ4n) is 1.56. The topological polar surface area (TPSA) is 35.5 Å². The van der Waals surface area contributed by atoms with E-state index >= 15 is 0 Å². The Morgan fingerprint density at radius 3 is 2.79 bits per heavy atom. The zero-order valence-corrected chi connectivity index (χ0v) is 8.96. The maximum Gasteiger partial charge on any atom is 0.163 e. The molecule has 3 heteroatoms. The monoisotopic (exact) mass is 200 g/mol. The maximum atomic E-state index is 11.6. The Bertz CT molecular complexity index is 162. The Hall–Kier alpha value is -0.410. The lowest BCUT2D eigenvalue weighted by Crippen LogP contribution is -2.35. The Kier molecular flexibility index (Phi) is 5.80. The van der Waals surface area contributed by atoms with Crippen molar-refractivity contribution in [2.75, 3.05) is 19.8 Å². The highest BCUT2D eigenvalue weighted by atomic mass is 16.6. The summed E-state index contributed by atoms with van der Waals surface area (Å²) in [5.74, 6) is 0.209. The molecule has 0 aromatic rings. The van der Waals surface area contributed by atoms with E-state index in [1.165, 1.54) is 12.8 Å². The summed E-state index contributed by atoms with van der Waals surface area (Å²) in [7, 11) is 0. The van der Waals surface area contributed by atoms with E-state index in [0.29, 0.717) is 26.2 Å². The van der Waals surface area contributed by atoms with Crippen LogP contribution in [0.2, 0.25) is 0 Å². The van der Waals surface area contributed by atoms with Crippen molar-refractivity contribution in [1.29, 1.82) is 0 Å². The van der Waals surface area contributed by atoms with Gasteiger partial charge in [0.1, 0.15) is 6.10 Å². The molecule has 1 fully saturated rings. The van der Waals surface area contributed by atoms with Crippen LogP contribution in [0.1, 0.15) is 39.0 Å². The molecule has 0 aromatic carbocycles. The average Bonchev–Trinajstić information content (AvgIpc) is 2.25. The van der Waals surface area contributed by atoms with Gasteiger partial charge in [-0.2, -0.15) is 0 Å². The first-order valence-corrected chi connectivity index (χ1v) is 5.56. The number of rotatable bonds is 6. The fourth-order valence-corrected chi connectivity index (χ4v) is 1.56. The second kappa shape index (κ2) is 6.96. The molecule has 0 amide bonds. The maximum absolute atomic E-state index is 11.6. The highest BCUT2D eigenvalue weighted by Crippen LogP contribution is 2.09. The minimum atomic E-state index is -0.287. The number of ketones is 1. The van der Waals surface area contributed by atoms with Crippen LogP contribution >= 0.6 is 0 Å². The van der Waals surface area contributed by atoms with Crippen molar-refractivity contribution < 1.29 is 14.3 Å². The van der Waals surface area contributed by atoms with Crippen LogP contribution in [0.25, 0.3) is 0 Å². The first-order chi connectivity index (χ1) is 6.84. The molecule has 14 heavy (non-hydrogen) atoms. The van der Waals surface area contributed by atoms with Crippen molar-refractivity contribution in [3.8, 4) is 0 Å². The third kappa shape index (κ3) is 4.20. The highest BCUT2D eigenvalue weighted by molar-refractivity contribution is 5.83. The van der Waals surface area contributed by atoms with Gasteiger partial charge in [-0.3, -0.25) is 4.79 Å². The molecule has 0 aliphatic carbocycles. The van der Waals surface area contributed by atoms with Gasteiger partial charge in [0, 0.05) is 6.42 Å². The lowest BCUT2D eigenvalue weighted by Gasteiger charge is -2.21. The second-order valence-corrected chi connectivity index (χ2v) is 3.71. The third-order valence-corrected chi connectivity index (χ3v) is 2.45. The number of ether oxygens (including phenoxy) is 2. The van der Waals surface area contributed by atoms with Crippen molar-refractivity contribution in [1.82, 2.24) is 0 Å². The van der Waals surface area contributed by atoms with Crippen LogP contribution in [0.4, 0.5) is 0 Å². The molecule has 0 N–H and O–H groups in total. The Labute approximate surface area is 85.8 Å². The van der Waals surface area contributed by atoms with Gasteiger partial charge in [0.05, 0.1) is 19.8 Å². The van der Waals surface area contributed by atoms with Crippen molar-refractivity contribution >= 4 is 5.78 Å². The minimum absolute atomic E-state index is 0.209. The average molecular weight is 200 g/mol. The van der Waals surface area contributed by atoms with Crippen LogP contribution in [-0.4, -0.2) is 31.7 Å². The van der Waals surface area contributed by atoms with Gasteiger partial charge < -0.3 is 9.47 Å².